The van der Waals surface area contributed by atoms with Gasteiger partial charge in [0.25, 0.3) is 0 Å². The van der Waals surface area contributed by atoms with Crippen LogP contribution in [-0.4, -0.2) is 32.0 Å². The zero-order valence-corrected chi connectivity index (χ0v) is 11.7. The van der Waals surface area contributed by atoms with Gasteiger partial charge in [-0.25, -0.2) is 0 Å². The fourth-order valence-electron chi connectivity index (χ4n) is 1.64. The predicted octanol–water partition coefficient (Wildman–Crippen LogP) is 2.87. The molecular formula is C12H14BrN5. The number of nitrogens with zero attached hydrogens (tertiary/aromatic N) is 3. The zero-order chi connectivity index (χ0) is 13.0. The molecule has 0 fully saturated rings. The number of rotatable bonds is 3. The highest BCUT2D eigenvalue weighted by Crippen LogP contribution is 2.40. The van der Waals surface area contributed by atoms with Gasteiger partial charge in [0, 0.05) is 12.8 Å². The van der Waals surface area contributed by atoms with Crippen molar-refractivity contribution in [1.82, 2.24) is 5.32 Å². The molecule has 0 aromatic heterocycles. The molecule has 1 aromatic carbocycles. The molecule has 2 N–H and O–H groups in total. The Bertz CT molecular complexity index is 521. The van der Waals surface area contributed by atoms with E-state index in [4.69, 9.17) is 0 Å². The lowest BCUT2D eigenvalue weighted by Crippen LogP contribution is -2.26. The quantitative estimate of drug-likeness (QED) is 0.844. The van der Waals surface area contributed by atoms with Crippen LogP contribution < -0.4 is 10.6 Å². The van der Waals surface area contributed by atoms with Crippen LogP contribution in [-0.2, 0) is 0 Å². The molecule has 0 spiro atoms. The topological polar surface area (TPSA) is 61.1 Å². The van der Waals surface area contributed by atoms with Crippen molar-refractivity contribution in [2.45, 2.75) is 6.92 Å². The summed E-state index contributed by atoms with van der Waals surface area (Å²) in [4.78, 5) is 12.6. The zero-order valence-electron chi connectivity index (χ0n) is 10.1. The van der Waals surface area contributed by atoms with Crippen LogP contribution in [0.25, 0.3) is 0 Å². The average Bonchev–Trinajstić information content (AvgIpc) is 2.87. The maximum atomic E-state index is 4.31. The van der Waals surface area contributed by atoms with E-state index in [-0.39, 0.29) is 0 Å². The second kappa shape index (κ2) is 5.77. The lowest BCUT2D eigenvalue weighted by Gasteiger charge is -2.11. The van der Waals surface area contributed by atoms with E-state index in [1.165, 1.54) is 0 Å². The van der Waals surface area contributed by atoms with Crippen molar-refractivity contribution >= 4 is 51.9 Å². The summed E-state index contributed by atoms with van der Waals surface area (Å²) in [6.45, 7) is 7.07. The summed E-state index contributed by atoms with van der Waals surface area (Å²) in [5, 5.41) is 6.37. The maximum Gasteiger partial charge on any atom is 0.195 e. The standard InChI is InChI=1S/C12H14BrN5/c1-3-15-11-9(14-2)5-4-8(10(11)13)18-12-16-6-7-17-12/h3-5H,2,6-7H2,1H3,(H2,16,17,18). The summed E-state index contributed by atoms with van der Waals surface area (Å²) in [5.41, 5.74) is 2.40. The van der Waals surface area contributed by atoms with Gasteiger partial charge in [0.2, 0.25) is 0 Å². The molecule has 18 heavy (non-hydrogen) atoms. The number of anilines is 1. The average molecular weight is 308 g/mol. The molecule has 0 saturated heterocycles. The van der Waals surface area contributed by atoms with Gasteiger partial charge in [0.1, 0.15) is 5.69 Å². The van der Waals surface area contributed by atoms with Crippen molar-refractivity contribution in [1.29, 1.82) is 0 Å². The van der Waals surface area contributed by atoms with Gasteiger partial charge in [-0.15, -0.1) is 0 Å². The van der Waals surface area contributed by atoms with E-state index in [2.05, 4.69) is 48.3 Å². The lowest BCUT2D eigenvalue weighted by molar-refractivity contribution is 0.959. The molecule has 2 rings (SSSR count). The molecule has 0 unspecified atom stereocenters. The summed E-state index contributed by atoms with van der Waals surface area (Å²) >= 11 is 3.53. The summed E-state index contributed by atoms with van der Waals surface area (Å²) in [5.74, 6) is 0.779. The highest BCUT2D eigenvalue weighted by molar-refractivity contribution is 9.10. The Labute approximate surface area is 114 Å². The second-order valence-corrected chi connectivity index (χ2v) is 4.42. The van der Waals surface area contributed by atoms with Crippen molar-refractivity contribution in [2.24, 2.45) is 15.0 Å². The van der Waals surface area contributed by atoms with Crippen LogP contribution >= 0.6 is 15.9 Å². The van der Waals surface area contributed by atoms with Crippen molar-refractivity contribution in [2.75, 3.05) is 18.4 Å². The summed E-state index contributed by atoms with van der Waals surface area (Å²) in [6, 6.07) is 3.79. The van der Waals surface area contributed by atoms with Crippen LogP contribution in [0.1, 0.15) is 6.92 Å². The molecule has 0 bridgehead atoms. The van der Waals surface area contributed by atoms with Crippen molar-refractivity contribution in [3.05, 3.63) is 16.6 Å². The van der Waals surface area contributed by atoms with Crippen LogP contribution in [0.4, 0.5) is 17.1 Å². The van der Waals surface area contributed by atoms with Crippen molar-refractivity contribution in [3.63, 3.8) is 0 Å². The van der Waals surface area contributed by atoms with Gasteiger partial charge in [-0.3, -0.25) is 15.0 Å². The van der Waals surface area contributed by atoms with Crippen molar-refractivity contribution < 1.29 is 0 Å². The molecule has 0 aliphatic carbocycles. The first kappa shape index (κ1) is 12.8. The highest BCUT2D eigenvalue weighted by Gasteiger charge is 2.12. The molecule has 1 aliphatic rings. The molecule has 0 saturated carbocycles. The Morgan fingerprint density at radius 3 is 3.00 bits per heavy atom. The number of halogens is 1. The normalized spacial score (nSPS) is 14.4. The van der Waals surface area contributed by atoms with Crippen molar-refractivity contribution in [3.8, 4) is 0 Å². The van der Waals surface area contributed by atoms with Gasteiger partial charge < -0.3 is 10.6 Å². The van der Waals surface area contributed by atoms with E-state index in [9.17, 15) is 0 Å². The Morgan fingerprint density at radius 2 is 2.39 bits per heavy atom. The number of benzene rings is 1. The van der Waals surface area contributed by atoms with E-state index in [1.54, 1.807) is 6.21 Å². The fraction of sp³-hybridized carbons (Fsp3) is 0.250. The minimum atomic E-state index is 0.742. The maximum absolute atomic E-state index is 4.31. The molecule has 0 amide bonds. The molecule has 6 heteroatoms. The van der Waals surface area contributed by atoms with Gasteiger partial charge >= 0.3 is 0 Å². The molecular weight excluding hydrogens is 294 g/mol. The Hall–Kier alpha value is -1.69. The van der Waals surface area contributed by atoms with E-state index in [0.29, 0.717) is 0 Å². The highest BCUT2D eigenvalue weighted by atomic mass is 79.9. The third-order valence-electron chi connectivity index (χ3n) is 2.45. The Balaban J connectivity index is 2.36. The van der Waals surface area contributed by atoms with Crippen LogP contribution in [0.15, 0.2) is 31.6 Å². The lowest BCUT2D eigenvalue weighted by atomic mass is 10.2. The second-order valence-electron chi connectivity index (χ2n) is 3.62. The predicted molar refractivity (Wildman–Crippen MR) is 81.1 cm³/mol. The smallest absolute Gasteiger partial charge is 0.195 e. The van der Waals surface area contributed by atoms with Gasteiger partial charge in [0.15, 0.2) is 5.96 Å². The Morgan fingerprint density at radius 1 is 1.56 bits per heavy atom. The summed E-state index contributed by atoms with van der Waals surface area (Å²) in [6.07, 6.45) is 1.73. The van der Waals surface area contributed by atoms with E-state index in [0.717, 1.165) is 40.6 Å². The van der Waals surface area contributed by atoms with Gasteiger partial charge in [-0.05, 0) is 41.7 Å². The fourth-order valence-corrected chi connectivity index (χ4v) is 2.18. The molecule has 0 atom stereocenters. The number of aliphatic imine (C=N–C) groups is 3. The number of hydrogen-bond donors (Lipinski definition) is 2. The number of nitrogens with one attached hydrogen (secondary N) is 2. The minimum absolute atomic E-state index is 0.742. The molecule has 5 nitrogen and oxygen atoms in total. The minimum Gasteiger partial charge on any atom is -0.354 e. The third-order valence-corrected chi connectivity index (χ3v) is 3.25. The number of hydrogen-bond acceptors (Lipinski definition) is 5. The molecule has 1 aliphatic heterocycles. The molecule has 94 valence electrons. The SMILES string of the molecule is C=Nc1ccc(NC2=NCCN2)c(Br)c1N=CC. The first-order valence-electron chi connectivity index (χ1n) is 5.59. The van der Waals surface area contributed by atoms with Gasteiger partial charge in [0.05, 0.1) is 22.4 Å². The van der Waals surface area contributed by atoms with Crippen LogP contribution in [0.3, 0.4) is 0 Å². The van der Waals surface area contributed by atoms with Crippen LogP contribution in [0.5, 0.6) is 0 Å². The van der Waals surface area contributed by atoms with E-state index >= 15 is 0 Å². The van der Waals surface area contributed by atoms with Gasteiger partial charge in [-0.2, -0.15) is 0 Å². The van der Waals surface area contributed by atoms with E-state index < -0.39 is 0 Å². The summed E-state index contributed by atoms with van der Waals surface area (Å²) in [7, 11) is 0. The first-order valence-corrected chi connectivity index (χ1v) is 6.39. The summed E-state index contributed by atoms with van der Waals surface area (Å²) < 4.78 is 0.849. The van der Waals surface area contributed by atoms with Gasteiger partial charge in [-0.1, -0.05) is 0 Å². The monoisotopic (exact) mass is 307 g/mol. The van der Waals surface area contributed by atoms with Crippen LogP contribution in [0, 0.1) is 0 Å². The Kier molecular flexibility index (Phi) is 4.09. The van der Waals surface area contributed by atoms with E-state index in [1.807, 2.05) is 19.1 Å². The third kappa shape index (κ3) is 2.59. The molecule has 0 radical (unpaired) electrons. The molecule has 1 aromatic rings. The first-order chi connectivity index (χ1) is 8.76. The van der Waals surface area contributed by atoms with Crippen LogP contribution in [0.2, 0.25) is 0 Å². The largest absolute Gasteiger partial charge is 0.354 e. The number of guanidine groups is 1. The molecule has 1 heterocycles.